The van der Waals surface area contributed by atoms with Crippen molar-refractivity contribution in [1.82, 2.24) is 0 Å². The monoisotopic (exact) mass is 180 g/mol. The van der Waals surface area contributed by atoms with Gasteiger partial charge in [0.15, 0.2) is 11.5 Å². The molecule has 0 aromatic heterocycles. The first-order chi connectivity index (χ1) is 6.00. The number of esters is 1. The summed E-state index contributed by atoms with van der Waals surface area (Å²) >= 11 is 0. The van der Waals surface area contributed by atoms with Crippen LogP contribution in [0.1, 0.15) is 18.1 Å². The van der Waals surface area contributed by atoms with Crippen LogP contribution in [0.5, 0.6) is 11.5 Å². The van der Waals surface area contributed by atoms with Gasteiger partial charge in [0.05, 0.1) is 0 Å². The Morgan fingerprint density at radius 2 is 2.00 bits per heavy atom. The Labute approximate surface area is 77.0 Å². The molecule has 0 aliphatic rings. The van der Waals surface area contributed by atoms with E-state index in [1.807, 2.05) is 13.0 Å². The van der Waals surface area contributed by atoms with Crippen LogP contribution in [-0.4, -0.2) is 11.1 Å². The Morgan fingerprint density at radius 1 is 1.38 bits per heavy atom. The summed E-state index contributed by atoms with van der Waals surface area (Å²) in [5.74, 6) is -0.173. The minimum Gasteiger partial charge on any atom is -0.504 e. The molecule has 0 bridgehead atoms. The lowest BCUT2D eigenvalue weighted by Gasteiger charge is -2.08. The highest BCUT2D eigenvalue weighted by atomic mass is 16.5. The molecule has 0 aliphatic carbocycles. The number of hydrogen-bond donors (Lipinski definition) is 1. The van der Waals surface area contributed by atoms with Crippen molar-refractivity contribution in [2.24, 2.45) is 0 Å². The minimum atomic E-state index is -0.428. The van der Waals surface area contributed by atoms with Gasteiger partial charge in [0.1, 0.15) is 0 Å². The van der Waals surface area contributed by atoms with Gasteiger partial charge >= 0.3 is 5.97 Å². The number of benzene rings is 1. The summed E-state index contributed by atoms with van der Waals surface area (Å²) in [6, 6.07) is 3.41. The van der Waals surface area contributed by atoms with Crippen molar-refractivity contribution in [1.29, 1.82) is 0 Å². The zero-order valence-corrected chi connectivity index (χ0v) is 7.92. The lowest BCUT2D eigenvalue weighted by molar-refractivity contribution is -0.132. The molecule has 0 amide bonds. The maximum Gasteiger partial charge on any atom is 0.308 e. The summed E-state index contributed by atoms with van der Waals surface area (Å²) in [6.07, 6.45) is 0. The number of carbonyl (C=O) groups excluding carboxylic acids is 1. The number of aryl methyl sites for hydroxylation is 2. The van der Waals surface area contributed by atoms with E-state index in [-0.39, 0.29) is 11.5 Å². The third-order valence-electron chi connectivity index (χ3n) is 1.65. The Hall–Kier alpha value is -1.51. The predicted molar refractivity (Wildman–Crippen MR) is 48.9 cm³/mol. The van der Waals surface area contributed by atoms with E-state index in [0.717, 1.165) is 11.1 Å². The van der Waals surface area contributed by atoms with E-state index >= 15 is 0 Å². The van der Waals surface area contributed by atoms with Crippen LogP contribution >= 0.6 is 0 Å². The smallest absolute Gasteiger partial charge is 0.308 e. The Balaban J connectivity index is 3.13. The summed E-state index contributed by atoms with van der Waals surface area (Å²) in [7, 11) is 0. The minimum absolute atomic E-state index is 0.00713. The van der Waals surface area contributed by atoms with Crippen LogP contribution in [0.25, 0.3) is 0 Å². The molecule has 0 radical (unpaired) electrons. The second-order valence-electron chi connectivity index (χ2n) is 3.02. The molecule has 1 N–H and O–H groups in total. The van der Waals surface area contributed by atoms with E-state index in [1.165, 1.54) is 6.92 Å². The van der Waals surface area contributed by atoms with Crippen LogP contribution < -0.4 is 4.74 Å². The van der Waals surface area contributed by atoms with E-state index in [1.54, 1.807) is 13.0 Å². The summed E-state index contributed by atoms with van der Waals surface area (Å²) < 4.78 is 4.84. The molecule has 0 aliphatic heterocycles. The highest BCUT2D eigenvalue weighted by Gasteiger charge is 2.08. The molecular weight excluding hydrogens is 168 g/mol. The van der Waals surface area contributed by atoms with E-state index in [9.17, 15) is 9.90 Å². The molecule has 0 spiro atoms. The molecule has 3 heteroatoms. The van der Waals surface area contributed by atoms with Crippen molar-refractivity contribution in [2.75, 3.05) is 0 Å². The fourth-order valence-electron chi connectivity index (χ4n) is 1.21. The average molecular weight is 180 g/mol. The van der Waals surface area contributed by atoms with E-state index in [2.05, 4.69) is 0 Å². The maximum atomic E-state index is 10.7. The Morgan fingerprint density at radius 3 is 2.46 bits per heavy atom. The molecule has 0 unspecified atom stereocenters. The number of hydrogen-bond acceptors (Lipinski definition) is 3. The van der Waals surface area contributed by atoms with Crippen LogP contribution in [0.15, 0.2) is 12.1 Å². The largest absolute Gasteiger partial charge is 0.504 e. The molecule has 1 aromatic rings. The number of carbonyl (C=O) groups is 1. The Bertz CT molecular complexity index is 319. The topological polar surface area (TPSA) is 46.5 Å². The lowest BCUT2D eigenvalue weighted by atomic mass is 10.1. The quantitative estimate of drug-likeness (QED) is 0.530. The zero-order valence-electron chi connectivity index (χ0n) is 7.92. The predicted octanol–water partition coefficient (Wildman–Crippen LogP) is 1.93. The van der Waals surface area contributed by atoms with Gasteiger partial charge in [0, 0.05) is 6.92 Å². The van der Waals surface area contributed by atoms with Gasteiger partial charge in [-0.3, -0.25) is 4.79 Å². The van der Waals surface area contributed by atoms with Crippen molar-refractivity contribution < 1.29 is 14.6 Å². The van der Waals surface area contributed by atoms with Crippen LogP contribution in [0.2, 0.25) is 0 Å². The van der Waals surface area contributed by atoms with E-state index in [4.69, 9.17) is 4.74 Å². The van der Waals surface area contributed by atoms with Gasteiger partial charge in [-0.1, -0.05) is 6.07 Å². The molecule has 0 atom stereocenters. The third-order valence-corrected chi connectivity index (χ3v) is 1.65. The highest BCUT2D eigenvalue weighted by molar-refractivity contribution is 5.71. The number of aromatic hydroxyl groups is 1. The standard InChI is InChI=1S/C10H12O3/c1-6-4-7(2)10(9(12)5-6)13-8(3)11/h4-5,12H,1-3H3. The fourth-order valence-corrected chi connectivity index (χ4v) is 1.21. The SMILES string of the molecule is CC(=O)Oc1c(C)cc(C)cc1O. The summed E-state index contributed by atoms with van der Waals surface area (Å²) in [6.45, 7) is 4.95. The van der Waals surface area contributed by atoms with Crippen LogP contribution in [0.4, 0.5) is 0 Å². The van der Waals surface area contributed by atoms with Crippen molar-refractivity contribution in [3.05, 3.63) is 23.3 Å². The van der Waals surface area contributed by atoms with Crippen molar-refractivity contribution in [3.63, 3.8) is 0 Å². The molecule has 0 fully saturated rings. The van der Waals surface area contributed by atoms with Crippen molar-refractivity contribution >= 4 is 5.97 Å². The first-order valence-electron chi connectivity index (χ1n) is 3.99. The molecule has 0 saturated heterocycles. The van der Waals surface area contributed by atoms with Crippen molar-refractivity contribution in [2.45, 2.75) is 20.8 Å². The molecular formula is C10H12O3. The van der Waals surface area contributed by atoms with E-state index < -0.39 is 5.97 Å². The first kappa shape index (κ1) is 9.58. The molecule has 70 valence electrons. The molecule has 3 nitrogen and oxygen atoms in total. The van der Waals surface area contributed by atoms with Crippen LogP contribution in [-0.2, 0) is 4.79 Å². The van der Waals surface area contributed by atoms with Gasteiger partial charge in [0.2, 0.25) is 0 Å². The summed E-state index contributed by atoms with van der Waals surface area (Å²) in [4.78, 5) is 10.7. The lowest BCUT2D eigenvalue weighted by Crippen LogP contribution is -2.03. The maximum absolute atomic E-state index is 10.7. The Kier molecular flexibility index (Phi) is 2.56. The van der Waals surface area contributed by atoms with Gasteiger partial charge in [-0.25, -0.2) is 0 Å². The average Bonchev–Trinajstić information content (AvgIpc) is 1.96. The van der Waals surface area contributed by atoms with Crippen LogP contribution in [0, 0.1) is 13.8 Å². The number of ether oxygens (including phenoxy) is 1. The molecule has 0 heterocycles. The van der Waals surface area contributed by atoms with Gasteiger partial charge in [-0.05, 0) is 31.0 Å². The van der Waals surface area contributed by atoms with E-state index in [0.29, 0.717) is 0 Å². The van der Waals surface area contributed by atoms with Gasteiger partial charge in [0.25, 0.3) is 0 Å². The van der Waals surface area contributed by atoms with Crippen molar-refractivity contribution in [3.8, 4) is 11.5 Å². The zero-order chi connectivity index (χ0) is 10.0. The molecule has 13 heavy (non-hydrogen) atoms. The molecule has 1 rings (SSSR count). The van der Waals surface area contributed by atoms with Crippen LogP contribution in [0.3, 0.4) is 0 Å². The molecule has 1 aromatic carbocycles. The number of phenolic OH excluding ortho intramolecular Hbond substituents is 1. The fraction of sp³-hybridized carbons (Fsp3) is 0.300. The number of phenols is 1. The number of rotatable bonds is 1. The van der Waals surface area contributed by atoms with Gasteiger partial charge in [-0.15, -0.1) is 0 Å². The second-order valence-corrected chi connectivity index (χ2v) is 3.02. The second kappa shape index (κ2) is 3.47. The highest BCUT2D eigenvalue weighted by Crippen LogP contribution is 2.30. The first-order valence-corrected chi connectivity index (χ1v) is 3.99. The molecule has 0 saturated carbocycles. The summed E-state index contributed by atoms with van der Waals surface area (Å²) in [5, 5.41) is 9.44. The normalized spacial score (nSPS) is 9.77. The summed E-state index contributed by atoms with van der Waals surface area (Å²) in [5.41, 5.74) is 1.69. The van der Waals surface area contributed by atoms with Gasteiger partial charge < -0.3 is 9.84 Å². The third kappa shape index (κ3) is 2.21. The van der Waals surface area contributed by atoms with Gasteiger partial charge in [-0.2, -0.15) is 0 Å².